The molecule has 1 aliphatic heterocycles. The first-order chi connectivity index (χ1) is 7.18. The highest BCUT2D eigenvalue weighted by Gasteiger charge is 2.29. The average molecular weight is 204 g/mol. The summed E-state index contributed by atoms with van der Waals surface area (Å²) in [5, 5.41) is 2.71. The van der Waals surface area contributed by atoms with E-state index in [0.29, 0.717) is 11.5 Å². The molecule has 1 N–H and O–H groups in total. The number of amidine groups is 1. The molecule has 0 bridgehead atoms. The topological polar surface area (TPSA) is 67.2 Å². The van der Waals surface area contributed by atoms with Crippen molar-refractivity contribution in [2.75, 3.05) is 0 Å². The molecule has 0 radical (unpaired) electrons. The van der Waals surface area contributed by atoms with Gasteiger partial charge in [-0.05, 0) is 5.92 Å². The zero-order chi connectivity index (χ0) is 10.8. The summed E-state index contributed by atoms with van der Waals surface area (Å²) in [6, 6.07) is -0.304. The molecule has 78 valence electrons. The highest BCUT2D eigenvalue weighted by molar-refractivity contribution is 6.12. The Labute approximate surface area is 87.7 Å². The predicted octanol–water partition coefficient (Wildman–Crippen LogP) is 0.378. The van der Waals surface area contributed by atoms with Gasteiger partial charge in [0.15, 0.2) is 5.84 Å². The zero-order valence-electron chi connectivity index (χ0n) is 8.64. The summed E-state index contributed by atoms with van der Waals surface area (Å²) in [5.41, 5.74) is 0.606. The van der Waals surface area contributed by atoms with Crippen LogP contribution in [0.25, 0.3) is 0 Å². The lowest BCUT2D eigenvalue weighted by Crippen LogP contribution is -2.31. The van der Waals surface area contributed by atoms with E-state index in [-0.39, 0.29) is 17.9 Å². The van der Waals surface area contributed by atoms with E-state index in [4.69, 9.17) is 0 Å². The van der Waals surface area contributed by atoms with Gasteiger partial charge in [-0.25, -0.2) is 4.98 Å². The Bertz CT molecular complexity index is 399. The largest absolute Gasteiger partial charge is 0.307 e. The number of nitrogens with one attached hydrogen (secondary N) is 1. The van der Waals surface area contributed by atoms with Gasteiger partial charge in [0.05, 0.1) is 6.20 Å². The van der Waals surface area contributed by atoms with Crippen molar-refractivity contribution in [2.45, 2.75) is 19.9 Å². The molecule has 1 aromatic heterocycles. The van der Waals surface area contributed by atoms with Gasteiger partial charge < -0.3 is 5.32 Å². The van der Waals surface area contributed by atoms with Gasteiger partial charge >= 0.3 is 0 Å². The van der Waals surface area contributed by atoms with Gasteiger partial charge in [0.1, 0.15) is 11.7 Å². The number of carbonyl (C=O) groups is 1. The third-order valence-electron chi connectivity index (χ3n) is 2.22. The van der Waals surface area contributed by atoms with Crippen LogP contribution in [-0.4, -0.2) is 27.8 Å². The van der Waals surface area contributed by atoms with Crippen LogP contribution in [0.1, 0.15) is 19.5 Å². The lowest BCUT2D eigenvalue weighted by molar-refractivity contribution is -0.120. The Hall–Kier alpha value is -1.78. The Kier molecular flexibility index (Phi) is 2.45. The van der Waals surface area contributed by atoms with Gasteiger partial charge in [-0.15, -0.1) is 0 Å². The van der Waals surface area contributed by atoms with E-state index in [1.54, 1.807) is 18.6 Å². The average Bonchev–Trinajstić information content (AvgIpc) is 2.62. The zero-order valence-corrected chi connectivity index (χ0v) is 8.64. The Morgan fingerprint density at radius 2 is 2.20 bits per heavy atom. The molecule has 0 saturated heterocycles. The molecule has 2 rings (SSSR count). The van der Waals surface area contributed by atoms with Gasteiger partial charge in [-0.3, -0.25) is 14.8 Å². The van der Waals surface area contributed by atoms with Crippen LogP contribution in [0, 0.1) is 5.92 Å². The summed E-state index contributed by atoms with van der Waals surface area (Å²) in [6.07, 6.45) is 4.75. The number of aromatic nitrogens is 2. The number of nitrogens with zero attached hydrogens (tertiary/aromatic N) is 3. The summed E-state index contributed by atoms with van der Waals surface area (Å²) in [7, 11) is 0. The Morgan fingerprint density at radius 1 is 1.40 bits per heavy atom. The fourth-order valence-electron chi connectivity index (χ4n) is 1.42. The van der Waals surface area contributed by atoms with E-state index in [1.165, 1.54) is 0 Å². The lowest BCUT2D eigenvalue weighted by atomic mass is 10.1. The van der Waals surface area contributed by atoms with Gasteiger partial charge in [0.25, 0.3) is 5.91 Å². The molecule has 5 heteroatoms. The van der Waals surface area contributed by atoms with Crippen LogP contribution in [-0.2, 0) is 4.79 Å². The van der Waals surface area contributed by atoms with Crippen molar-refractivity contribution in [3.8, 4) is 0 Å². The van der Waals surface area contributed by atoms with Crippen molar-refractivity contribution in [1.29, 1.82) is 0 Å². The molecule has 15 heavy (non-hydrogen) atoms. The van der Waals surface area contributed by atoms with E-state index in [9.17, 15) is 4.79 Å². The monoisotopic (exact) mass is 204 g/mol. The molecule has 0 aliphatic carbocycles. The number of carbonyl (C=O) groups excluding carboxylic acids is 1. The standard InChI is InChI=1S/C10H12N4O/c1-6(2)8-10(15)14-9(13-8)7-5-11-3-4-12-7/h3-6,8H,1-2H3,(H,13,14,15). The number of hydrogen-bond donors (Lipinski definition) is 1. The number of rotatable bonds is 2. The maximum Gasteiger partial charge on any atom is 0.250 e. The molecule has 5 nitrogen and oxygen atoms in total. The molecule has 2 heterocycles. The first kappa shape index (κ1) is 9.76. The van der Waals surface area contributed by atoms with Crippen molar-refractivity contribution in [3.63, 3.8) is 0 Å². The molecule has 1 amide bonds. The van der Waals surface area contributed by atoms with Crippen LogP contribution in [0.2, 0.25) is 0 Å². The summed E-state index contributed by atoms with van der Waals surface area (Å²) >= 11 is 0. The van der Waals surface area contributed by atoms with E-state index < -0.39 is 0 Å². The van der Waals surface area contributed by atoms with E-state index >= 15 is 0 Å². The molecule has 1 aliphatic rings. The van der Waals surface area contributed by atoms with Gasteiger partial charge in [0.2, 0.25) is 0 Å². The number of hydrogen-bond acceptors (Lipinski definition) is 4. The molecular weight excluding hydrogens is 192 g/mol. The number of aliphatic imine (C=N–C) groups is 1. The van der Waals surface area contributed by atoms with Gasteiger partial charge in [-0.2, -0.15) is 0 Å². The second-order valence-corrected chi connectivity index (χ2v) is 3.75. The molecule has 0 saturated carbocycles. The summed E-state index contributed by atoms with van der Waals surface area (Å²) in [5.74, 6) is 0.650. The van der Waals surface area contributed by atoms with E-state index in [2.05, 4.69) is 20.3 Å². The maximum atomic E-state index is 11.5. The first-order valence-corrected chi connectivity index (χ1v) is 4.83. The molecule has 0 aromatic carbocycles. The SMILES string of the molecule is CC(C)C1N=C(c2cnccn2)NC1=O. The van der Waals surface area contributed by atoms with Gasteiger partial charge in [0, 0.05) is 12.4 Å². The normalized spacial score (nSPS) is 20.3. The van der Waals surface area contributed by atoms with Crippen molar-refractivity contribution in [1.82, 2.24) is 15.3 Å². The van der Waals surface area contributed by atoms with Crippen LogP contribution >= 0.6 is 0 Å². The van der Waals surface area contributed by atoms with Crippen LogP contribution in [0.3, 0.4) is 0 Å². The smallest absolute Gasteiger partial charge is 0.250 e. The van der Waals surface area contributed by atoms with E-state index in [0.717, 1.165) is 0 Å². The Morgan fingerprint density at radius 3 is 2.73 bits per heavy atom. The summed E-state index contributed by atoms with van der Waals surface area (Å²) in [6.45, 7) is 3.93. The highest BCUT2D eigenvalue weighted by atomic mass is 16.2. The summed E-state index contributed by atoms with van der Waals surface area (Å²) < 4.78 is 0. The minimum Gasteiger partial charge on any atom is -0.307 e. The molecule has 0 spiro atoms. The van der Waals surface area contributed by atoms with Crippen molar-refractivity contribution < 1.29 is 4.79 Å². The van der Waals surface area contributed by atoms with E-state index in [1.807, 2.05) is 13.8 Å². The third-order valence-corrected chi connectivity index (χ3v) is 2.22. The van der Waals surface area contributed by atoms with Crippen LogP contribution in [0.4, 0.5) is 0 Å². The quantitative estimate of drug-likeness (QED) is 0.757. The molecule has 1 atom stereocenters. The molecule has 0 fully saturated rings. The summed E-state index contributed by atoms with van der Waals surface area (Å²) in [4.78, 5) is 23.8. The first-order valence-electron chi connectivity index (χ1n) is 4.83. The fraction of sp³-hybridized carbons (Fsp3) is 0.400. The predicted molar refractivity (Wildman–Crippen MR) is 55.3 cm³/mol. The fourth-order valence-corrected chi connectivity index (χ4v) is 1.42. The number of amides is 1. The van der Waals surface area contributed by atoms with Crippen molar-refractivity contribution in [2.24, 2.45) is 10.9 Å². The molecular formula is C10H12N4O. The van der Waals surface area contributed by atoms with Crippen LogP contribution in [0.15, 0.2) is 23.6 Å². The van der Waals surface area contributed by atoms with Gasteiger partial charge in [-0.1, -0.05) is 13.8 Å². The van der Waals surface area contributed by atoms with Crippen LogP contribution < -0.4 is 5.32 Å². The minimum atomic E-state index is -0.304. The molecule has 1 unspecified atom stereocenters. The van der Waals surface area contributed by atoms with Crippen molar-refractivity contribution >= 4 is 11.7 Å². The lowest BCUT2D eigenvalue weighted by Gasteiger charge is -2.06. The second kappa shape index (κ2) is 3.76. The third kappa shape index (κ3) is 1.86. The second-order valence-electron chi connectivity index (χ2n) is 3.75. The maximum absolute atomic E-state index is 11.5. The van der Waals surface area contributed by atoms with Crippen LogP contribution in [0.5, 0.6) is 0 Å². The highest BCUT2D eigenvalue weighted by Crippen LogP contribution is 2.13. The van der Waals surface area contributed by atoms with Crippen molar-refractivity contribution in [3.05, 3.63) is 24.3 Å². The Balaban J connectivity index is 2.27. The minimum absolute atomic E-state index is 0.0642. The molecule has 1 aromatic rings.